The minimum atomic E-state index is -0.266. The predicted octanol–water partition coefficient (Wildman–Crippen LogP) is 4.05. The lowest BCUT2D eigenvalue weighted by atomic mass is 10.1. The third-order valence-electron chi connectivity index (χ3n) is 4.22. The van der Waals surface area contributed by atoms with Gasteiger partial charge in [0.25, 0.3) is 0 Å². The number of carbonyl (C=O) groups is 1. The third-order valence-corrected chi connectivity index (χ3v) is 4.22. The fraction of sp³-hybridized carbons (Fsp3) is 0.250. The van der Waals surface area contributed by atoms with Gasteiger partial charge in [-0.2, -0.15) is 0 Å². The second-order valence-corrected chi connectivity index (χ2v) is 5.90. The highest BCUT2D eigenvalue weighted by Gasteiger charge is 2.05. The van der Waals surface area contributed by atoms with Crippen LogP contribution < -0.4 is 5.32 Å². The van der Waals surface area contributed by atoms with Crippen LogP contribution in [-0.2, 0) is 24.3 Å². The summed E-state index contributed by atoms with van der Waals surface area (Å²) in [7, 11) is 0. The Morgan fingerprint density at radius 2 is 1.83 bits per heavy atom. The lowest BCUT2D eigenvalue weighted by Crippen LogP contribution is -2.22. The van der Waals surface area contributed by atoms with E-state index in [-0.39, 0.29) is 11.7 Å². The van der Waals surface area contributed by atoms with Gasteiger partial charge in [0.1, 0.15) is 5.82 Å². The monoisotopic (exact) mass is 324 g/mol. The molecule has 1 amide bonds. The highest BCUT2D eigenvalue weighted by atomic mass is 19.1. The molecule has 3 aromatic rings. The number of nitrogens with one attached hydrogen (secondary N) is 1. The zero-order valence-corrected chi connectivity index (χ0v) is 13.8. The van der Waals surface area contributed by atoms with E-state index in [9.17, 15) is 9.18 Å². The Bertz CT molecular complexity index is 836. The quantitative estimate of drug-likeness (QED) is 0.729. The summed E-state index contributed by atoms with van der Waals surface area (Å²) < 4.78 is 15.0. The molecule has 24 heavy (non-hydrogen) atoms. The molecule has 0 unspecified atom stereocenters. The highest BCUT2D eigenvalue weighted by molar-refractivity contribution is 5.81. The molecule has 3 rings (SSSR count). The fourth-order valence-electron chi connectivity index (χ4n) is 2.83. The number of carbonyl (C=O) groups excluding carboxylic acids is 1. The van der Waals surface area contributed by atoms with Crippen molar-refractivity contribution in [1.29, 1.82) is 0 Å². The molecule has 0 fully saturated rings. The smallest absolute Gasteiger partial charge is 0.220 e. The summed E-state index contributed by atoms with van der Waals surface area (Å²) in [6.07, 6.45) is 3.24. The number of hydrogen-bond donors (Lipinski definition) is 1. The van der Waals surface area contributed by atoms with Crippen molar-refractivity contribution >= 4 is 16.8 Å². The largest absolute Gasteiger partial charge is 0.352 e. The number of amides is 1. The van der Waals surface area contributed by atoms with Crippen LogP contribution in [0.1, 0.15) is 24.5 Å². The van der Waals surface area contributed by atoms with E-state index in [1.54, 1.807) is 12.1 Å². The number of rotatable bonds is 6. The van der Waals surface area contributed by atoms with Crippen molar-refractivity contribution in [3.05, 3.63) is 71.7 Å². The van der Waals surface area contributed by atoms with Gasteiger partial charge >= 0.3 is 0 Å². The van der Waals surface area contributed by atoms with Gasteiger partial charge in [-0.1, -0.05) is 18.2 Å². The predicted molar refractivity (Wildman–Crippen MR) is 94.2 cm³/mol. The molecule has 0 atom stereocenters. The molecular weight excluding hydrogens is 303 g/mol. The third kappa shape index (κ3) is 3.82. The number of benzene rings is 2. The Balaban J connectivity index is 1.53. The number of aromatic nitrogens is 1. The maximum absolute atomic E-state index is 12.8. The summed E-state index contributed by atoms with van der Waals surface area (Å²) in [5.74, 6) is -0.261. The molecule has 3 nitrogen and oxygen atoms in total. The maximum atomic E-state index is 12.8. The van der Waals surface area contributed by atoms with Gasteiger partial charge < -0.3 is 9.88 Å². The second-order valence-electron chi connectivity index (χ2n) is 5.90. The summed E-state index contributed by atoms with van der Waals surface area (Å²) in [4.78, 5) is 12.0. The normalized spacial score (nSPS) is 10.9. The molecule has 0 aliphatic heterocycles. The average Bonchev–Trinajstić information content (AvgIpc) is 3.01. The second kappa shape index (κ2) is 7.30. The summed E-state index contributed by atoms with van der Waals surface area (Å²) in [6, 6.07) is 14.6. The maximum Gasteiger partial charge on any atom is 0.220 e. The highest BCUT2D eigenvalue weighted by Crippen LogP contribution is 2.18. The van der Waals surface area contributed by atoms with E-state index in [0.29, 0.717) is 19.4 Å². The van der Waals surface area contributed by atoms with Crippen molar-refractivity contribution in [2.45, 2.75) is 32.9 Å². The molecule has 0 radical (unpaired) electrons. The SMILES string of the molecule is CCn1ccc2cc(CCC(=O)NCc3ccc(F)cc3)ccc21. The Morgan fingerprint density at radius 3 is 2.58 bits per heavy atom. The van der Waals surface area contributed by atoms with Crippen LogP contribution in [0.3, 0.4) is 0 Å². The Hall–Kier alpha value is -2.62. The Morgan fingerprint density at radius 1 is 1.08 bits per heavy atom. The Kier molecular flexibility index (Phi) is 4.94. The summed E-state index contributed by atoms with van der Waals surface area (Å²) in [6.45, 7) is 3.50. The first-order valence-corrected chi connectivity index (χ1v) is 8.24. The van der Waals surface area contributed by atoms with Crippen molar-refractivity contribution < 1.29 is 9.18 Å². The topological polar surface area (TPSA) is 34.0 Å². The number of aryl methyl sites for hydroxylation is 2. The molecular formula is C20H21FN2O. The number of nitrogens with zero attached hydrogens (tertiary/aromatic N) is 1. The van der Waals surface area contributed by atoms with Crippen molar-refractivity contribution in [1.82, 2.24) is 9.88 Å². The van der Waals surface area contributed by atoms with Gasteiger partial charge in [-0.05, 0) is 60.2 Å². The summed E-state index contributed by atoms with van der Waals surface area (Å²) in [5, 5.41) is 4.08. The van der Waals surface area contributed by atoms with Gasteiger partial charge in [-0.25, -0.2) is 4.39 Å². The molecule has 0 saturated carbocycles. The summed E-state index contributed by atoms with van der Waals surface area (Å²) in [5.41, 5.74) is 3.28. The van der Waals surface area contributed by atoms with E-state index in [0.717, 1.165) is 17.7 Å². The molecule has 0 aliphatic carbocycles. The van der Waals surface area contributed by atoms with E-state index < -0.39 is 0 Å². The molecule has 0 aliphatic rings. The van der Waals surface area contributed by atoms with Crippen molar-refractivity contribution in [3.8, 4) is 0 Å². The van der Waals surface area contributed by atoms with E-state index in [1.807, 2.05) is 0 Å². The molecule has 2 aromatic carbocycles. The lowest BCUT2D eigenvalue weighted by molar-refractivity contribution is -0.121. The van der Waals surface area contributed by atoms with E-state index in [4.69, 9.17) is 0 Å². The average molecular weight is 324 g/mol. The van der Waals surface area contributed by atoms with Gasteiger partial charge in [0.2, 0.25) is 5.91 Å². The first kappa shape index (κ1) is 16.2. The lowest BCUT2D eigenvalue weighted by Gasteiger charge is -2.06. The van der Waals surface area contributed by atoms with Crippen LogP contribution in [0.15, 0.2) is 54.7 Å². The van der Waals surface area contributed by atoms with Crippen LogP contribution >= 0.6 is 0 Å². The van der Waals surface area contributed by atoms with Crippen molar-refractivity contribution in [2.75, 3.05) is 0 Å². The standard InChI is InChI=1S/C20H21FN2O/c1-2-23-12-11-17-13-15(5-9-19(17)23)6-10-20(24)22-14-16-3-7-18(21)8-4-16/h3-5,7-9,11-13H,2,6,10,14H2,1H3,(H,22,24). The van der Waals surface area contributed by atoms with E-state index in [1.165, 1.54) is 23.0 Å². The van der Waals surface area contributed by atoms with Crippen LogP contribution in [-0.4, -0.2) is 10.5 Å². The van der Waals surface area contributed by atoms with Gasteiger partial charge in [-0.15, -0.1) is 0 Å². The molecule has 4 heteroatoms. The van der Waals surface area contributed by atoms with Gasteiger partial charge in [0.05, 0.1) is 0 Å². The van der Waals surface area contributed by atoms with Crippen LogP contribution in [0.4, 0.5) is 4.39 Å². The van der Waals surface area contributed by atoms with E-state index in [2.05, 4.69) is 47.3 Å². The molecule has 124 valence electrons. The van der Waals surface area contributed by atoms with Crippen molar-refractivity contribution in [2.24, 2.45) is 0 Å². The first-order valence-electron chi connectivity index (χ1n) is 8.24. The van der Waals surface area contributed by atoms with Gasteiger partial charge in [-0.3, -0.25) is 4.79 Å². The molecule has 1 N–H and O–H groups in total. The molecule has 0 saturated heterocycles. The van der Waals surface area contributed by atoms with Crippen LogP contribution in [0, 0.1) is 5.82 Å². The molecule has 0 bridgehead atoms. The molecule has 1 aromatic heterocycles. The summed E-state index contributed by atoms with van der Waals surface area (Å²) >= 11 is 0. The zero-order valence-electron chi connectivity index (χ0n) is 13.8. The van der Waals surface area contributed by atoms with E-state index >= 15 is 0 Å². The minimum Gasteiger partial charge on any atom is -0.352 e. The zero-order chi connectivity index (χ0) is 16.9. The number of fused-ring (bicyclic) bond motifs is 1. The van der Waals surface area contributed by atoms with Gasteiger partial charge in [0.15, 0.2) is 0 Å². The number of halogens is 1. The van der Waals surface area contributed by atoms with Crippen LogP contribution in [0.2, 0.25) is 0 Å². The minimum absolute atomic E-state index is 0.00514. The Labute approximate surface area is 141 Å². The molecule has 0 spiro atoms. The fourth-order valence-corrected chi connectivity index (χ4v) is 2.83. The number of hydrogen-bond acceptors (Lipinski definition) is 1. The van der Waals surface area contributed by atoms with Crippen LogP contribution in [0.25, 0.3) is 10.9 Å². The molecule has 1 heterocycles. The van der Waals surface area contributed by atoms with Crippen LogP contribution in [0.5, 0.6) is 0 Å². The van der Waals surface area contributed by atoms with Crippen molar-refractivity contribution in [3.63, 3.8) is 0 Å². The van der Waals surface area contributed by atoms with Gasteiger partial charge in [0, 0.05) is 31.2 Å². The first-order chi connectivity index (χ1) is 11.7.